The number of ether oxygens (including phenoxy) is 1. The van der Waals surface area contributed by atoms with Crippen LogP contribution >= 0.6 is 0 Å². The first kappa shape index (κ1) is 16.6. The van der Waals surface area contributed by atoms with Crippen molar-refractivity contribution in [1.29, 1.82) is 5.26 Å². The number of likely N-dealkylation sites (N-methyl/N-ethyl adjacent to an activating group) is 1. The molecule has 4 nitrogen and oxygen atoms in total. The molecule has 0 spiro atoms. The monoisotopic (exact) mass is 308 g/mol. The number of rotatable bonds is 5. The summed E-state index contributed by atoms with van der Waals surface area (Å²) in [6.45, 7) is 4.45. The van der Waals surface area contributed by atoms with E-state index in [2.05, 4.69) is 6.07 Å². The van der Waals surface area contributed by atoms with Crippen LogP contribution in [0.5, 0.6) is 5.75 Å². The predicted octanol–water partition coefficient (Wildman–Crippen LogP) is 3.21. The molecule has 0 fully saturated rings. The molecular formula is C19H20N2O2. The molecule has 0 unspecified atom stereocenters. The quantitative estimate of drug-likeness (QED) is 0.852. The Morgan fingerprint density at radius 2 is 1.87 bits per heavy atom. The lowest BCUT2D eigenvalue weighted by atomic mass is 10.1. The summed E-state index contributed by atoms with van der Waals surface area (Å²) in [6.07, 6.45) is 0. The number of carbonyl (C=O) groups excluding carboxylic acids is 1. The highest BCUT2D eigenvalue weighted by molar-refractivity contribution is 5.77. The van der Waals surface area contributed by atoms with Crippen LogP contribution in [-0.4, -0.2) is 24.5 Å². The molecule has 2 aromatic carbocycles. The molecule has 2 rings (SSSR count). The second kappa shape index (κ2) is 7.46. The van der Waals surface area contributed by atoms with Crippen molar-refractivity contribution < 1.29 is 9.53 Å². The SMILES string of the molecule is Cc1ccc(C)c(OCC(=O)N(C)Cc2ccc(C#N)cc2)c1. The number of nitriles is 1. The lowest BCUT2D eigenvalue weighted by Gasteiger charge is -2.18. The third kappa shape index (κ3) is 4.58. The normalized spacial score (nSPS) is 10.0. The molecule has 4 heteroatoms. The maximum atomic E-state index is 12.2. The molecule has 118 valence electrons. The van der Waals surface area contributed by atoms with E-state index in [9.17, 15) is 4.79 Å². The summed E-state index contributed by atoms with van der Waals surface area (Å²) in [4.78, 5) is 13.8. The van der Waals surface area contributed by atoms with Gasteiger partial charge in [0.25, 0.3) is 5.91 Å². The number of carbonyl (C=O) groups is 1. The van der Waals surface area contributed by atoms with E-state index in [0.717, 1.165) is 22.4 Å². The molecular weight excluding hydrogens is 288 g/mol. The van der Waals surface area contributed by atoms with E-state index >= 15 is 0 Å². The van der Waals surface area contributed by atoms with E-state index in [1.54, 1.807) is 24.1 Å². The van der Waals surface area contributed by atoms with Gasteiger partial charge in [-0.2, -0.15) is 5.26 Å². The lowest BCUT2D eigenvalue weighted by molar-refractivity contribution is -0.132. The third-order valence-electron chi connectivity index (χ3n) is 3.62. The van der Waals surface area contributed by atoms with Crippen molar-refractivity contribution in [3.05, 3.63) is 64.7 Å². The highest BCUT2D eigenvalue weighted by atomic mass is 16.5. The second-order valence-electron chi connectivity index (χ2n) is 5.62. The molecule has 1 amide bonds. The van der Waals surface area contributed by atoms with Gasteiger partial charge in [0.05, 0.1) is 11.6 Å². The largest absolute Gasteiger partial charge is 0.483 e. The molecule has 0 saturated heterocycles. The van der Waals surface area contributed by atoms with Gasteiger partial charge in [-0.25, -0.2) is 0 Å². The van der Waals surface area contributed by atoms with Gasteiger partial charge >= 0.3 is 0 Å². The first-order valence-electron chi connectivity index (χ1n) is 7.42. The van der Waals surface area contributed by atoms with E-state index in [1.165, 1.54) is 0 Å². The number of hydrogen-bond donors (Lipinski definition) is 0. The fourth-order valence-corrected chi connectivity index (χ4v) is 2.16. The Morgan fingerprint density at radius 3 is 2.52 bits per heavy atom. The lowest BCUT2D eigenvalue weighted by Crippen LogP contribution is -2.31. The molecule has 2 aromatic rings. The topological polar surface area (TPSA) is 53.3 Å². The zero-order chi connectivity index (χ0) is 16.8. The molecule has 0 bridgehead atoms. The van der Waals surface area contributed by atoms with Gasteiger partial charge in [0.1, 0.15) is 5.75 Å². The summed E-state index contributed by atoms with van der Waals surface area (Å²) in [5.74, 6) is 0.653. The van der Waals surface area contributed by atoms with Gasteiger partial charge in [-0.05, 0) is 48.7 Å². The highest BCUT2D eigenvalue weighted by Gasteiger charge is 2.11. The molecule has 0 aliphatic heterocycles. The van der Waals surface area contributed by atoms with Crippen molar-refractivity contribution in [3.63, 3.8) is 0 Å². The van der Waals surface area contributed by atoms with Crippen molar-refractivity contribution >= 4 is 5.91 Å². The van der Waals surface area contributed by atoms with Crippen molar-refractivity contribution in [3.8, 4) is 11.8 Å². The smallest absolute Gasteiger partial charge is 0.260 e. The molecule has 0 atom stereocenters. The van der Waals surface area contributed by atoms with Gasteiger partial charge in [-0.15, -0.1) is 0 Å². The van der Waals surface area contributed by atoms with E-state index in [0.29, 0.717) is 12.1 Å². The van der Waals surface area contributed by atoms with Crippen LogP contribution < -0.4 is 4.74 Å². The summed E-state index contributed by atoms with van der Waals surface area (Å²) in [6, 6.07) is 15.2. The van der Waals surface area contributed by atoms with Crippen molar-refractivity contribution in [2.75, 3.05) is 13.7 Å². The van der Waals surface area contributed by atoms with Crippen molar-refractivity contribution in [2.45, 2.75) is 20.4 Å². The van der Waals surface area contributed by atoms with Gasteiger partial charge in [0.15, 0.2) is 6.61 Å². The summed E-state index contributed by atoms with van der Waals surface area (Å²) in [7, 11) is 1.74. The molecule has 0 heterocycles. The molecule has 0 saturated carbocycles. The number of benzene rings is 2. The van der Waals surface area contributed by atoms with E-state index in [4.69, 9.17) is 10.00 Å². The van der Waals surface area contributed by atoms with Crippen LogP contribution in [0.3, 0.4) is 0 Å². The number of hydrogen-bond acceptors (Lipinski definition) is 3. The van der Waals surface area contributed by atoms with Crippen LogP contribution in [-0.2, 0) is 11.3 Å². The number of nitrogens with zero attached hydrogens (tertiary/aromatic N) is 2. The molecule has 0 aliphatic rings. The minimum absolute atomic E-state index is 0.0110. The standard InChI is InChI=1S/C19H20N2O2/c1-14-4-5-15(2)18(10-14)23-13-19(22)21(3)12-17-8-6-16(11-20)7-9-17/h4-10H,12-13H2,1-3H3. The number of amides is 1. The summed E-state index contributed by atoms with van der Waals surface area (Å²) in [5.41, 5.74) is 3.70. The van der Waals surface area contributed by atoms with Crippen LogP contribution in [0.15, 0.2) is 42.5 Å². The minimum atomic E-state index is -0.0877. The zero-order valence-corrected chi connectivity index (χ0v) is 13.7. The molecule has 0 radical (unpaired) electrons. The Hall–Kier alpha value is -2.80. The first-order chi connectivity index (χ1) is 11.0. The average Bonchev–Trinajstić information content (AvgIpc) is 2.56. The Labute approximate surface area is 136 Å². The fourth-order valence-electron chi connectivity index (χ4n) is 2.16. The van der Waals surface area contributed by atoms with Crippen molar-refractivity contribution in [1.82, 2.24) is 4.90 Å². The van der Waals surface area contributed by atoms with Gasteiger partial charge in [-0.3, -0.25) is 4.79 Å². The van der Waals surface area contributed by atoms with Crippen molar-refractivity contribution in [2.24, 2.45) is 0 Å². The Kier molecular flexibility index (Phi) is 5.37. The highest BCUT2D eigenvalue weighted by Crippen LogP contribution is 2.19. The maximum Gasteiger partial charge on any atom is 0.260 e. The minimum Gasteiger partial charge on any atom is -0.483 e. The zero-order valence-electron chi connectivity index (χ0n) is 13.7. The van der Waals surface area contributed by atoms with E-state index in [1.807, 2.05) is 44.2 Å². The first-order valence-corrected chi connectivity index (χ1v) is 7.42. The summed E-state index contributed by atoms with van der Waals surface area (Å²) < 4.78 is 5.64. The Morgan fingerprint density at radius 1 is 1.17 bits per heavy atom. The molecule has 23 heavy (non-hydrogen) atoms. The van der Waals surface area contributed by atoms with E-state index in [-0.39, 0.29) is 12.5 Å². The van der Waals surface area contributed by atoms with E-state index < -0.39 is 0 Å². The van der Waals surface area contributed by atoms with Crippen LogP contribution in [0.25, 0.3) is 0 Å². The fraction of sp³-hybridized carbons (Fsp3) is 0.263. The Bertz CT molecular complexity index is 730. The van der Waals surface area contributed by atoms with Gasteiger partial charge in [-0.1, -0.05) is 24.3 Å². The maximum absolute atomic E-state index is 12.2. The molecule has 0 aliphatic carbocycles. The Balaban J connectivity index is 1.92. The summed E-state index contributed by atoms with van der Waals surface area (Å²) in [5, 5.41) is 8.79. The van der Waals surface area contributed by atoms with Gasteiger partial charge < -0.3 is 9.64 Å². The molecule has 0 N–H and O–H groups in total. The van der Waals surface area contributed by atoms with Gasteiger partial charge in [0.2, 0.25) is 0 Å². The second-order valence-corrected chi connectivity index (χ2v) is 5.62. The van der Waals surface area contributed by atoms with Crippen LogP contribution in [0.2, 0.25) is 0 Å². The predicted molar refractivity (Wildman–Crippen MR) is 89.0 cm³/mol. The number of aryl methyl sites for hydroxylation is 2. The molecule has 0 aromatic heterocycles. The van der Waals surface area contributed by atoms with Crippen LogP contribution in [0.1, 0.15) is 22.3 Å². The third-order valence-corrected chi connectivity index (χ3v) is 3.62. The van der Waals surface area contributed by atoms with Crippen LogP contribution in [0, 0.1) is 25.2 Å². The summed E-state index contributed by atoms with van der Waals surface area (Å²) >= 11 is 0. The van der Waals surface area contributed by atoms with Gasteiger partial charge in [0, 0.05) is 13.6 Å². The van der Waals surface area contributed by atoms with Crippen LogP contribution in [0.4, 0.5) is 0 Å². The average molecular weight is 308 g/mol.